The molecule has 0 N–H and O–H groups in total. The van der Waals surface area contributed by atoms with Gasteiger partial charge in [0, 0.05) is 26.4 Å². The van der Waals surface area contributed by atoms with Crippen molar-refractivity contribution >= 4 is 42.5 Å². The zero-order valence-electron chi connectivity index (χ0n) is 11.6. The summed E-state index contributed by atoms with van der Waals surface area (Å²) < 4.78 is 44.7. The van der Waals surface area contributed by atoms with Crippen molar-refractivity contribution in [2.24, 2.45) is 0 Å². The first-order valence-electron chi connectivity index (χ1n) is 6.86. The topological polar surface area (TPSA) is 30.2 Å². The van der Waals surface area contributed by atoms with Gasteiger partial charge in [0.25, 0.3) is 0 Å². The molecule has 2 aromatic heterocycles. The number of hydrogen-bond acceptors (Lipinski definition) is 3. The van der Waals surface area contributed by atoms with Crippen LogP contribution in [0.15, 0.2) is 51.7 Å². The van der Waals surface area contributed by atoms with E-state index in [0.717, 1.165) is 20.2 Å². The maximum atomic E-state index is 12.5. The maximum absolute atomic E-state index is 12.5. The zero-order chi connectivity index (χ0) is 16.2. The van der Waals surface area contributed by atoms with Gasteiger partial charge in [0.05, 0.1) is 11.1 Å². The minimum Gasteiger partial charge on any atom is -0.421 e. The molecule has 4 aromatic rings. The second-order valence-corrected chi connectivity index (χ2v) is 6.36. The molecule has 0 bridgehead atoms. The number of halogens is 3. The van der Waals surface area contributed by atoms with E-state index in [9.17, 15) is 18.0 Å². The Bertz CT molecular complexity index is 1110. The summed E-state index contributed by atoms with van der Waals surface area (Å²) in [5.41, 5.74) is -0.954. The number of rotatable bonds is 1. The van der Waals surface area contributed by atoms with Crippen LogP contribution in [0.1, 0.15) is 5.56 Å². The number of fused-ring (bicyclic) bond motifs is 5. The average molecular weight is 334 g/mol. The Morgan fingerprint density at radius 1 is 1.04 bits per heavy atom. The van der Waals surface area contributed by atoms with Gasteiger partial charge in [0.2, 0.25) is 0 Å². The summed E-state index contributed by atoms with van der Waals surface area (Å²) in [5.74, 6) is 0. The predicted molar refractivity (Wildman–Crippen MR) is 85.1 cm³/mol. The highest BCUT2D eigenvalue weighted by atomic mass is 32.1. The molecule has 0 radical (unpaired) electrons. The van der Waals surface area contributed by atoms with Crippen LogP contribution < -0.4 is 5.63 Å². The number of benzene rings is 2. The van der Waals surface area contributed by atoms with Gasteiger partial charge in [-0.3, -0.25) is 0 Å². The van der Waals surface area contributed by atoms with Gasteiger partial charge in [-0.2, -0.15) is 13.2 Å². The highest BCUT2D eigenvalue weighted by Crippen LogP contribution is 2.38. The van der Waals surface area contributed by atoms with Crippen molar-refractivity contribution in [3.63, 3.8) is 0 Å². The lowest BCUT2D eigenvalue weighted by molar-refractivity contribution is -0.127. The molecular formula is C17H9F3O2S. The summed E-state index contributed by atoms with van der Waals surface area (Å²) in [6.45, 7) is 0. The molecule has 0 aliphatic rings. The van der Waals surface area contributed by atoms with Crippen LogP contribution in [0.5, 0.6) is 0 Å². The van der Waals surface area contributed by atoms with Crippen molar-refractivity contribution in [3.05, 3.63) is 58.4 Å². The molecule has 0 aliphatic carbocycles. The van der Waals surface area contributed by atoms with Gasteiger partial charge in [-0.05, 0) is 12.1 Å². The van der Waals surface area contributed by atoms with Crippen LogP contribution in [-0.2, 0) is 6.42 Å². The van der Waals surface area contributed by atoms with E-state index >= 15 is 0 Å². The lowest BCUT2D eigenvalue weighted by Gasteiger charge is -2.06. The van der Waals surface area contributed by atoms with Gasteiger partial charge >= 0.3 is 11.8 Å². The van der Waals surface area contributed by atoms with Crippen molar-refractivity contribution in [3.8, 4) is 0 Å². The van der Waals surface area contributed by atoms with Crippen molar-refractivity contribution < 1.29 is 17.6 Å². The molecular weight excluding hydrogens is 325 g/mol. The quantitative estimate of drug-likeness (QED) is 0.444. The molecule has 0 fully saturated rings. The van der Waals surface area contributed by atoms with Gasteiger partial charge in [0.1, 0.15) is 0 Å². The summed E-state index contributed by atoms with van der Waals surface area (Å²) >= 11 is 1.46. The normalized spacial score (nSPS) is 12.5. The van der Waals surface area contributed by atoms with Crippen LogP contribution in [-0.4, -0.2) is 6.18 Å². The third-order valence-corrected chi connectivity index (χ3v) is 4.89. The third-order valence-electron chi connectivity index (χ3n) is 3.71. The van der Waals surface area contributed by atoms with Gasteiger partial charge in [0.15, 0.2) is 5.58 Å². The second kappa shape index (κ2) is 4.83. The standard InChI is InChI=1S/C17H9F3O2S/c18-17(19,20)8-10-7-9-5-6-12-11-3-1-2-4-13(11)23-15(12)14(9)22-16(10)21/h1-7H,8H2. The molecule has 0 spiro atoms. The number of hydrogen-bond donors (Lipinski definition) is 0. The fourth-order valence-corrected chi connectivity index (χ4v) is 3.94. The Balaban J connectivity index is 2.03. The Labute approximate surface area is 131 Å². The number of thiophene rings is 1. The Kier molecular flexibility index (Phi) is 2.99. The first-order valence-corrected chi connectivity index (χ1v) is 7.68. The highest BCUT2D eigenvalue weighted by molar-refractivity contribution is 7.26. The molecule has 116 valence electrons. The van der Waals surface area contributed by atoms with Crippen LogP contribution >= 0.6 is 11.3 Å². The first-order chi connectivity index (χ1) is 10.9. The Morgan fingerprint density at radius 2 is 1.83 bits per heavy atom. The van der Waals surface area contributed by atoms with Crippen molar-refractivity contribution in [1.82, 2.24) is 0 Å². The van der Waals surface area contributed by atoms with E-state index in [2.05, 4.69) is 0 Å². The van der Waals surface area contributed by atoms with E-state index in [-0.39, 0.29) is 5.56 Å². The maximum Gasteiger partial charge on any atom is 0.393 e. The average Bonchev–Trinajstić information content (AvgIpc) is 2.86. The molecule has 4 rings (SSSR count). The van der Waals surface area contributed by atoms with E-state index in [1.807, 2.05) is 30.3 Å². The summed E-state index contributed by atoms with van der Waals surface area (Å²) in [7, 11) is 0. The van der Waals surface area contributed by atoms with Crippen LogP contribution in [0.3, 0.4) is 0 Å². The monoisotopic (exact) mass is 334 g/mol. The largest absolute Gasteiger partial charge is 0.421 e. The molecule has 0 atom stereocenters. The fourth-order valence-electron chi connectivity index (χ4n) is 2.74. The van der Waals surface area contributed by atoms with Gasteiger partial charge in [-0.1, -0.05) is 30.3 Å². The molecule has 0 amide bonds. The first kappa shape index (κ1) is 14.3. The molecule has 6 heteroatoms. The SMILES string of the molecule is O=c1oc2c(ccc3c4ccccc4sc32)cc1CC(F)(F)F. The molecule has 23 heavy (non-hydrogen) atoms. The van der Waals surface area contributed by atoms with E-state index < -0.39 is 18.2 Å². The van der Waals surface area contributed by atoms with E-state index in [1.165, 1.54) is 17.4 Å². The molecule has 0 aliphatic heterocycles. The Hall–Kier alpha value is -2.34. The van der Waals surface area contributed by atoms with Crippen molar-refractivity contribution in [2.75, 3.05) is 0 Å². The molecule has 2 aromatic carbocycles. The number of alkyl halides is 3. The van der Waals surface area contributed by atoms with Crippen molar-refractivity contribution in [1.29, 1.82) is 0 Å². The smallest absolute Gasteiger partial charge is 0.393 e. The zero-order valence-corrected chi connectivity index (χ0v) is 12.4. The van der Waals surface area contributed by atoms with Crippen LogP contribution in [0.4, 0.5) is 13.2 Å². The van der Waals surface area contributed by atoms with Crippen molar-refractivity contribution in [2.45, 2.75) is 12.6 Å². The summed E-state index contributed by atoms with van der Waals surface area (Å²) in [6.07, 6.45) is -5.72. The van der Waals surface area contributed by atoms with E-state index in [4.69, 9.17) is 4.42 Å². The van der Waals surface area contributed by atoms with E-state index in [0.29, 0.717) is 11.0 Å². The molecule has 0 unspecified atom stereocenters. The van der Waals surface area contributed by atoms with Crippen LogP contribution in [0.2, 0.25) is 0 Å². The second-order valence-electron chi connectivity index (χ2n) is 5.31. The molecule has 0 saturated heterocycles. The lowest BCUT2D eigenvalue weighted by Crippen LogP contribution is -2.18. The molecule has 2 nitrogen and oxygen atoms in total. The highest BCUT2D eigenvalue weighted by Gasteiger charge is 2.29. The molecule has 2 heterocycles. The van der Waals surface area contributed by atoms with Gasteiger partial charge in [-0.25, -0.2) is 4.79 Å². The summed E-state index contributed by atoms with van der Waals surface area (Å²) in [5, 5.41) is 2.48. The van der Waals surface area contributed by atoms with Gasteiger partial charge < -0.3 is 4.42 Å². The summed E-state index contributed by atoms with van der Waals surface area (Å²) in [6, 6.07) is 12.6. The lowest BCUT2D eigenvalue weighted by atomic mass is 10.1. The van der Waals surface area contributed by atoms with E-state index in [1.54, 1.807) is 6.07 Å². The van der Waals surface area contributed by atoms with Crippen LogP contribution in [0, 0.1) is 0 Å². The third kappa shape index (κ3) is 2.39. The molecule has 0 saturated carbocycles. The summed E-state index contributed by atoms with van der Waals surface area (Å²) in [4.78, 5) is 11.9. The Morgan fingerprint density at radius 3 is 2.61 bits per heavy atom. The van der Waals surface area contributed by atoms with Crippen LogP contribution in [0.25, 0.3) is 31.1 Å². The predicted octanol–water partition coefficient (Wildman–Crippen LogP) is 5.27. The minimum atomic E-state index is -4.44. The fraction of sp³-hybridized carbons (Fsp3) is 0.118. The minimum absolute atomic E-state index is 0.347. The van der Waals surface area contributed by atoms with Gasteiger partial charge in [-0.15, -0.1) is 11.3 Å².